The van der Waals surface area contributed by atoms with E-state index in [0.717, 1.165) is 0 Å². The van der Waals surface area contributed by atoms with Crippen LogP contribution in [0.5, 0.6) is 0 Å². The number of guanidine groups is 1. The number of carbonyl (C=O) groups is 2. The Balaban J connectivity index is 5.14. The van der Waals surface area contributed by atoms with Crippen LogP contribution in [0.3, 0.4) is 0 Å². The van der Waals surface area contributed by atoms with Crippen molar-refractivity contribution >= 4 is 18.1 Å². The van der Waals surface area contributed by atoms with Gasteiger partial charge in [0.25, 0.3) is 0 Å². The normalized spacial score (nSPS) is 12.9. The zero-order valence-electron chi connectivity index (χ0n) is 12.6. The van der Waals surface area contributed by atoms with Crippen LogP contribution in [0, 0.1) is 0 Å². The van der Waals surface area contributed by atoms with Gasteiger partial charge in [-0.25, -0.2) is 9.59 Å². The second-order valence-corrected chi connectivity index (χ2v) is 5.88. The van der Waals surface area contributed by atoms with E-state index in [-0.39, 0.29) is 5.96 Å². The summed E-state index contributed by atoms with van der Waals surface area (Å²) in [7, 11) is 1.36. The van der Waals surface area contributed by atoms with Gasteiger partial charge < -0.3 is 15.2 Å². The molecule has 19 heavy (non-hydrogen) atoms. The Bertz CT molecular complexity index is 349. The minimum atomic E-state index is -0.926. The molecule has 0 aliphatic carbocycles. The zero-order valence-corrected chi connectivity index (χ0v) is 12.6. The van der Waals surface area contributed by atoms with E-state index in [1.54, 1.807) is 41.5 Å². The molecule has 7 nitrogen and oxygen atoms in total. The van der Waals surface area contributed by atoms with E-state index in [1.165, 1.54) is 7.05 Å². The van der Waals surface area contributed by atoms with E-state index in [0.29, 0.717) is 4.90 Å². The minimum Gasteiger partial charge on any atom is -0.443 e. The summed E-state index contributed by atoms with van der Waals surface area (Å²) in [5, 5.41) is 0. The van der Waals surface area contributed by atoms with Crippen molar-refractivity contribution in [2.24, 2.45) is 10.7 Å². The summed E-state index contributed by atoms with van der Waals surface area (Å²) in [6, 6.07) is 0. The highest BCUT2D eigenvalue weighted by Gasteiger charge is 2.33. The first kappa shape index (κ1) is 17.2. The van der Waals surface area contributed by atoms with Crippen LogP contribution >= 0.6 is 0 Å². The van der Waals surface area contributed by atoms with E-state index in [9.17, 15) is 9.59 Å². The fraction of sp³-hybridized carbons (Fsp3) is 0.750. The summed E-state index contributed by atoms with van der Waals surface area (Å²) >= 11 is 0. The maximum Gasteiger partial charge on any atom is 0.427 e. The smallest absolute Gasteiger partial charge is 0.427 e. The highest BCUT2D eigenvalue weighted by Crippen LogP contribution is 2.14. The zero-order chi connectivity index (χ0) is 15.4. The lowest BCUT2D eigenvalue weighted by Gasteiger charge is -2.27. The quantitative estimate of drug-likeness (QED) is 0.538. The lowest BCUT2D eigenvalue weighted by Crippen LogP contribution is -2.49. The molecule has 0 aliphatic rings. The van der Waals surface area contributed by atoms with E-state index in [2.05, 4.69) is 4.99 Å². The SMILES string of the molecule is CN=C(N)N(C(=O)OC(C)(C)C)C(=O)OC(C)(C)C. The molecule has 0 radical (unpaired) electrons. The summed E-state index contributed by atoms with van der Waals surface area (Å²) < 4.78 is 10.2. The maximum atomic E-state index is 11.9. The van der Waals surface area contributed by atoms with Crippen LogP contribution in [0.15, 0.2) is 4.99 Å². The molecule has 0 fully saturated rings. The van der Waals surface area contributed by atoms with E-state index >= 15 is 0 Å². The molecule has 0 saturated heterocycles. The fourth-order valence-corrected chi connectivity index (χ4v) is 0.977. The molecule has 0 heterocycles. The van der Waals surface area contributed by atoms with Gasteiger partial charge in [-0.15, -0.1) is 4.90 Å². The Labute approximate surface area is 113 Å². The highest BCUT2D eigenvalue weighted by molar-refractivity contribution is 6.07. The molecule has 0 aliphatic heterocycles. The molecule has 0 saturated carbocycles. The largest absolute Gasteiger partial charge is 0.443 e. The number of ether oxygens (including phenoxy) is 2. The van der Waals surface area contributed by atoms with Crippen LogP contribution in [0.4, 0.5) is 9.59 Å². The summed E-state index contributed by atoms with van der Waals surface area (Å²) in [5.74, 6) is -0.288. The summed E-state index contributed by atoms with van der Waals surface area (Å²) in [6.07, 6.45) is -1.85. The third-order valence-electron chi connectivity index (χ3n) is 1.61. The Morgan fingerprint density at radius 2 is 1.26 bits per heavy atom. The van der Waals surface area contributed by atoms with Crippen LogP contribution in [0.25, 0.3) is 0 Å². The summed E-state index contributed by atoms with van der Waals surface area (Å²) in [4.78, 5) is 28.0. The van der Waals surface area contributed by atoms with Crippen molar-refractivity contribution in [2.75, 3.05) is 7.05 Å². The summed E-state index contributed by atoms with van der Waals surface area (Å²) in [6.45, 7) is 10.1. The number of hydrogen-bond donors (Lipinski definition) is 1. The van der Waals surface area contributed by atoms with Gasteiger partial charge in [0.2, 0.25) is 5.96 Å². The van der Waals surface area contributed by atoms with Gasteiger partial charge >= 0.3 is 12.2 Å². The fourth-order valence-electron chi connectivity index (χ4n) is 0.977. The van der Waals surface area contributed by atoms with Gasteiger partial charge in [-0.1, -0.05) is 0 Å². The molecule has 0 bridgehead atoms. The van der Waals surface area contributed by atoms with Crippen molar-refractivity contribution in [1.82, 2.24) is 4.90 Å². The first-order chi connectivity index (χ1) is 8.37. The van der Waals surface area contributed by atoms with Crippen molar-refractivity contribution in [3.05, 3.63) is 0 Å². The number of nitrogens with zero attached hydrogens (tertiary/aromatic N) is 2. The molecule has 2 amide bonds. The van der Waals surface area contributed by atoms with Gasteiger partial charge in [0, 0.05) is 7.05 Å². The van der Waals surface area contributed by atoms with E-state index < -0.39 is 23.4 Å². The van der Waals surface area contributed by atoms with Crippen LogP contribution in [-0.4, -0.2) is 41.3 Å². The summed E-state index contributed by atoms with van der Waals surface area (Å²) in [5.41, 5.74) is 4.01. The van der Waals surface area contributed by atoms with Crippen LogP contribution < -0.4 is 5.73 Å². The van der Waals surface area contributed by atoms with Gasteiger partial charge in [0.15, 0.2) is 0 Å². The Kier molecular flexibility index (Phi) is 5.34. The Morgan fingerprint density at radius 1 is 0.947 bits per heavy atom. The molecule has 2 N–H and O–H groups in total. The van der Waals surface area contributed by atoms with E-state index in [1.807, 2.05) is 0 Å². The molecule has 0 aromatic carbocycles. The average Bonchev–Trinajstić information content (AvgIpc) is 2.11. The third kappa shape index (κ3) is 6.64. The number of hydrogen-bond acceptors (Lipinski definition) is 5. The average molecular weight is 273 g/mol. The monoisotopic (exact) mass is 273 g/mol. The number of aliphatic imine (C=N–C) groups is 1. The molecule has 0 unspecified atom stereocenters. The van der Waals surface area contributed by atoms with Crippen molar-refractivity contribution in [3.8, 4) is 0 Å². The molecule has 0 rings (SSSR count). The predicted octanol–water partition coefficient (Wildman–Crippen LogP) is 2.10. The number of carbonyl (C=O) groups excluding carboxylic acids is 2. The van der Waals surface area contributed by atoms with Crippen molar-refractivity contribution in [3.63, 3.8) is 0 Å². The number of imide groups is 1. The second kappa shape index (κ2) is 5.90. The second-order valence-electron chi connectivity index (χ2n) is 5.88. The van der Waals surface area contributed by atoms with Crippen LogP contribution in [0.1, 0.15) is 41.5 Å². The number of nitrogens with two attached hydrogens (primary N) is 1. The molecular weight excluding hydrogens is 250 g/mol. The lowest BCUT2D eigenvalue weighted by molar-refractivity contribution is 0.0145. The molecule has 7 heteroatoms. The lowest BCUT2D eigenvalue weighted by atomic mass is 10.2. The molecule has 0 atom stereocenters. The van der Waals surface area contributed by atoms with Gasteiger partial charge in [0.1, 0.15) is 11.2 Å². The minimum absolute atomic E-state index is 0.288. The van der Waals surface area contributed by atoms with E-state index in [4.69, 9.17) is 15.2 Å². The molecule has 0 aromatic rings. The third-order valence-corrected chi connectivity index (χ3v) is 1.61. The van der Waals surface area contributed by atoms with Crippen molar-refractivity contribution in [1.29, 1.82) is 0 Å². The number of amides is 2. The maximum absolute atomic E-state index is 11.9. The first-order valence-electron chi connectivity index (χ1n) is 5.86. The van der Waals surface area contributed by atoms with Crippen LogP contribution in [-0.2, 0) is 9.47 Å². The van der Waals surface area contributed by atoms with Gasteiger partial charge in [0.05, 0.1) is 0 Å². The number of rotatable bonds is 0. The highest BCUT2D eigenvalue weighted by atomic mass is 16.6. The molecule has 110 valence electrons. The van der Waals surface area contributed by atoms with Gasteiger partial charge in [-0.2, -0.15) is 0 Å². The van der Waals surface area contributed by atoms with Gasteiger partial charge in [-0.3, -0.25) is 4.99 Å². The van der Waals surface area contributed by atoms with Crippen LogP contribution in [0.2, 0.25) is 0 Å². The van der Waals surface area contributed by atoms with Crippen molar-refractivity contribution < 1.29 is 19.1 Å². The molecule has 0 aromatic heterocycles. The topological polar surface area (TPSA) is 94.2 Å². The molecular formula is C12H23N3O4. The van der Waals surface area contributed by atoms with Crippen molar-refractivity contribution in [2.45, 2.75) is 52.7 Å². The Hall–Kier alpha value is -1.79. The first-order valence-corrected chi connectivity index (χ1v) is 5.86. The van der Waals surface area contributed by atoms with Gasteiger partial charge in [-0.05, 0) is 41.5 Å². The predicted molar refractivity (Wildman–Crippen MR) is 71.9 cm³/mol. The Morgan fingerprint density at radius 3 is 1.47 bits per heavy atom. The molecule has 0 spiro atoms. The standard InChI is InChI=1S/C12H23N3O4/c1-11(2,3)18-9(16)15(8(13)14-7)10(17)19-12(4,5)6/h1-7H3,(H2,13,14).